The zero-order chi connectivity index (χ0) is 28.3. The first-order valence-electron chi connectivity index (χ1n) is 13.2. The quantitative estimate of drug-likeness (QED) is 0.459. The Balaban J connectivity index is 1.18. The normalized spacial score (nSPS) is 16.4. The second-order valence-electron chi connectivity index (χ2n) is 10.1. The van der Waals surface area contributed by atoms with Crippen LogP contribution in [0.3, 0.4) is 0 Å². The molecule has 0 bridgehead atoms. The third-order valence-corrected chi connectivity index (χ3v) is 7.47. The van der Waals surface area contributed by atoms with Crippen molar-refractivity contribution in [2.24, 2.45) is 11.7 Å². The summed E-state index contributed by atoms with van der Waals surface area (Å²) in [5, 5.41) is 2.83. The first kappa shape index (κ1) is 27.7. The monoisotopic (exact) mass is 553 g/mol. The van der Waals surface area contributed by atoms with Crippen LogP contribution in [0.1, 0.15) is 51.6 Å². The minimum Gasteiger partial charge on any atom is -0.380 e. The number of hydrogen-bond acceptors (Lipinski definition) is 6. The van der Waals surface area contributed by atoms with E-state index >= 15 is 0 Å². The highest BCUT2D eigenvalue weighted by atomic mass is 19.4. The fraction of sp³-hybridized carbons (Fsp3) is 0.379. The lowest BCUT2D eigenvalue weighted by Crippen LogP contribution is -2.47. The van der Waals surface area contributed by atoms with E-state index in [9.17, 15) is 22.8 Å². The SMILES string of the molecule is NCc1ccc(C(F)(F)F)cc1-c1ccc(CNC(=O)c2cncc(C3CCN(C(=O)C4COC4)CC3)n2)cc1. The van der Waals surface area contributed by atoms with Gasteiger partial charge in [-0.3, -0.25) is 14.6 Å². The Morgan fingerprint density at radius 2 is 1.77 bits per heavy atom. The van der Waals surface area contributed by atoms with Crippen LogP contribution in [0, 0.1) is 5.92 Å². The summed E-state index contributed by atoms with van der Waals surface area (Å²) < 4.78 is 44.8. The fourth-order valence-corrected chi connectivity index (χ4v) is 4.99. The van der Waals surface area contributed by atoms with Crippen molar-refractivity contribution in [2.75, 3.05) is 26.3 Å². The largest absolute Gasteiger partial charge is 0.416 e. The number of alkyl halides is 3. The first-order valence-corrected chi connectivity index (χ1v) is 13.2. The summed E-state index contributed by atoms with van der Waals surface area (Å²) in [7, 11) is 0. The van der Waals surface area contributed by atoms with E-state index < -0.39 is 11.7 Å². The molecule has 1 aromatic heterocycles. The molecule has 2 aromatic carbocycles. The van der Waals surface area contributed by atoms with Gasteiger partial charge in [0, 0.05) is 38.3 Å². The van der Waals surface area contributed by atoms with E-state index in [1.807, 2.05) is 4.90 Å². The molecule has 2 aliphatic rings. The van der Waals surface area contributed by atoms with Gasteiger partial charge in [-0.1, -0.05) is 30.3 Å². The molecule has 2 amide bonds. The van der Waals surface area contributed by atoms with Gasteiger partial charge in [0.15, 0.2) is 0 Å². The van der Waals surface area contributed by atoms with Gasteiger partial charge >= 0.3 is 6.18 Å². The third-order valence-electron chi connectivity index (χ3n) is 7.47. The molecule has 2 saturated heterocycles. The minimum absolute atomic E-state index is 0.0245. The smallest absolute Gasteiger partial charge is 0.380 e. The Morgan fingerprint density at radius 3 is 2.40 bits per heavy atom. The second-order valence-corrected chi connectivity index (χ2v) is 10.1. The molecule has 0 atom stereocenters. The minimum atomic E-state index is -4.45. The second kappa shape index (κ2) is 11.7. The molecular formula is C29H30F3N5O3. The molecule has 3 N–H and O–H groups in total. The van der Waals surface area contributed by atoms with Crippen LogP contribution in [0.15, 0.2) is 54.9 Å². The molecular weight excluding hydrogens is 523 g/mol. The summed E-state index contributed by atoms with van der Waals surface area (Å²) in [6.07, 6.45) is 0.139. The lowest BCUT2D eigenvalue weighted by atomic mass is 9.92. The third kappa shape index (κ3) is 6.15. The number of carbonyl (C=O) groups is 2. The maximum absolute atomic E-state index is 13.2. The Hall–Kier alpha value is -3.83. The highest BCUT2D eigenvalue weighted by Crippen LogP contribution is 2.34. The van der Waals surface area contributed by atoms with Gasteiger partial charge in [0.05, 0.1) is 36.6 Å². The number of nitrogens with two attached hydrogens (primary N) is 1. The summed E-state index contributed by atoms with van der Waals surface area (Å²) >= 11 is 0. The van der Waals surface area contributed by atoms with E-state index in [0.29, 0.717) is 43.0 Å². The summed E-state index contributed by atoms with van der Waals surface area (Å²) in [5.74, 6) is -0.141. The van der Waals surface area contributed by atoms with E-state index in [-0.39, 0.29) is 42.4 Å². The van der Waals surface area contributed by atoms with Gasteiger partial charge in [0.1, 0.15) is 5.69 Å². The number of piperidine rings is 1. The van der Waals surface area contributed by atoms with E-state index in [2.05, 4.69) is 15.3 Å². The van der Waals surface area contributed by atoms with Gasteiger partial charge in [0.25, 0.3) is 5.91 Å². The van der Waals surface area contributed by atoms with Crippen LogP contribution in [-0.4, -0.2) is 53.0 Å². The van der Waals surface area contributed by atoms with E-state index in [4.69, 9.17) is 10.5 Å². The Morgan fingerprint density at radius 1 is 1.05 bits per heavy atom. The van der Waals surface area contributed by atoms with Gasteiger partial charge < -0.3 is 20.7 Å². The number of benzene rings is 2. The van der Waals surface area contributed by atoms with Crippen molar-refractivity contribution >= 4 is 11.8 Å². The molecule has 11 heteroatoms. The van der Waals surface area contributed by atoms with Crippen LogP contribution in [0.4, 0.5) is 13.2 Å². The summed E-state index contributed by atoms with van der Waals surface area (Å²) in [5.41, 5.74) is 8.36. The molecule has 3 heterocycles. The molecule has 5 rings (SSSR count). The number of nitrogens with zero attached hydrogens (tertiary/aromatic N) is 3. The number of carbonyl (C=O) groups excluding carboxylic acids is 2. The summed E-state index contributed by atoms with van der Waals surface area (Å²) in [4.78, 5) is 35.9. The highest BCUT2D eigenvalue weighted by molar-refractivity contribution is 5.92. The lowest BCUT2D eigenvalue weighted by molar-refractivity contribution is -0.151. The summed E-state index contributed by atoms with van der Waals surface area (Å²) in [6, 6.07) is 10.5. The van der Waals surface area contributed by atoms with Gasteiger partial charge in [-0.05, 0) is 47.2 Å². The van der Waals surface area contributed by atoms with Gasteiger partial charge in [-0.2, -0.15) is 13.2 Å². The predicted octanol–water partition coefficient (Wildman–Crippen LogP) is 3.90. The first-order chi connectivity index (χ1) is 19.2. The predicted molar refractivity (Wildman–Crippen MR) is 141 cm³/mol. The number of halogens is 3. The highest BCUT2D eigenvalue weighted by Gasteiger charge is 2.33. The van der Waals surface area contributed by atoms with Crippen LogP contribution in [0.2, 0.25) is 0 Å². The zero-order valence-corrected chi connectivity index (χ0v) is 21.8. The van der Waals surface area contributed by atoms with Crippen molar-refractivity contribution in [3.8, 4) is 11.1 Å². The van der Waals surface area contributed by atoms with E-state index in [1.54, 1.807) is 30.5 Å². The van der Waals surface area contributed by atoms with Gasteiger partial charge in [-0.25, -0.2) is 4.98 Å². The number of hydrogen-bond donors (Lipinski definition) is 2. The average molecular weight is 554 g/mol. The molecule has 40 heavy (non-hydrogen) atoms. The van der Waals surface area contributed by atoms with E-state index in [1.165, 1.54) is 12.3 Å². The van der Waals surface area contributed by atoms with Crippen molar-refractivity contribution in [3.63, 3.8) is 0 Å². The van der Waals surface area contributed by atoms with Crippen LogP contribution in [0.25, 0.3) is 11.1 Å². The van der Waals surface area contributed by atoms with E-state index in [0.717, 1.165) is 36.2 Å². The Labute approximate surface area is 229 Å². The molecule has 210 valence electrons. The lowest BCUT2D eigenvalue weighted by Gasteiger charge is -2.36. The molecule has 8 nitrogen and oxygen atoms in total. The summed E-state index contributed by atoms with van der Waals surface area (Å²) in [6.45, 7) is 2.59. The van der Waals surface area contributed by atoms with Crippen molar-refractivity contribution in [1.82, 2.24) is 20.2 Å². The number of aromatic nitrogens is 2. The van der Waals surface area contributed by atoms with Crippen LogP contribution in [0.5, 0.6) is 0 Å². The number of nitrogens with one attached hydrogen (secondary N) is 1. The van der Waals surface area contributed by atoms with Crippen molar-refractivity contribution in [2.45, 2.75) is 38.0 Å². The maximum Gasteiger partial charge on any atom is 0.416 e. The number of amides is 2. The molecule has 3 aromatic rings. The molecule has 0 unspecified atom stereocenters. The van der Waals surface area contributed by atoms with Gasteiger partial charge in [0.2, 0.25) is 5.91 Å². The maximum atomic E-state index is 13.2. The molecule has 0 saturated carbocycles. The Bertz CT molecular complexity index is 1370. The average Bonchev–Trinajstić information content (AvgIpc) is 2.94. The topological polar surface area (TPSA) is 110 Å². The number of likely N-dealkylation sites (tertiary alicyclic amines) is 1. The number of rotatable bonds is 7. The van der Waals surface area contributed by atoms with Crippen molar-refractivity contribution in [1.29, 1.82) is 0 Å². The van der Waals surface area contributed by atoms with Crippen LogP contribution < -0.4 is 11.1 Å². The standard InChI is InChI=1S/C29H30F3N5O3/c30-29(31,32)23-6-5-21(12-33)24(11-23)19-3-1-18(2-4-19)13-35-27(38)26-15-34-14-25(36-26)20-7-9-37(10-8-20)28(39)22-16-40-17-22/h1-6,11,14-15,20,22H,7-10,12-13,16-17,33H2,(H,35,38). The molecule has 2 aliphatic heterocycles. The van der Waals surface area contributed by atoms with Gasteiger partial charge in [-0.15, -0.1) is 0 Å². The molecule has 0 radical (unpaired) electrons. The molecule has 0 spiro atoms. The number of ether oxygens (including phenoxy) is 1. The zero-order valence-electron chi connectivity index (χ0n) is 21.8. The van der Waals surface area contributed by atoms with Crippen LogP contribution in [-0.2, 0) is 28.8 Å². The molecule has 2 fully saturated rings. The van der Waals surface area contributed by atoms with Crippen molar-refractivity contribution in [3.05, 3.63) is 82.9 Å². The molecule has 0 aliphatic carbocycles. The fourth-order valence-electron chi connectivity index (χ4n) is 4.99. The van der Waals surface area contributed by atoms with Crippen LogP contribution >= 0.6 is 0 Å². The van der Waals surface area contributed by atoms with Crippen molar-refractivity contribution < 1.29 is 27.5 Å². The Kier molecular flexibility index (Phi) is 8.13.